The Morgan fingerprint density at radius 2 is 1.92 bits per heavy atom. The SMILES string of the molecule is COc1ccc(C2/C(=C(\O)c3ccc4c(c3)N(C)CCO4)C(=O)C(=O)N2Cc2cccs2)cc1OC. The number of benzene rings is 2. The van der Waals surface area contributed by atoms with Gasteiger partial charge in [0.1, 0.15) is 18.1 Å². The Morgan fingerprint density at radius 3 is 2.64 bits per heavy atom. The molecule has 9 heteroatoms. The molecule has 2 aromatic carbocycles. The number of ether oxygens (including phenoxy) is 3. The maximum Gasteiger partial charge on any atom is 0.295 e. The van der Waals surface area contributed by atoms with E-state index in [0.717, 1.165) is 10.6 Å². The highest BCUT2D eigenvalue weighted by Crippen LogP contribution is 2.44. The van der Waals surface area contributed by atoms with E-state index >= 15 is 0 Å². The van der Waals surface area contributed by atoms with Gasteiger partial charge in [0.05, 0.1) is 44.6 Å². The van der Waals surface area contributed by atoms with Crippen molar-refractivity contribution in [2.75, 3.05) is 39.3 Å². The third-order valence-electron chi connectivity index (χ3n) is 6.50. The zero-order valence-electron chi connectivity index (χ0n) is 20.2. The van der Waals surface area contributed by atoms with E-state index in [1.165, 1.54) is 30.5 Å². The molecule has 1 saturated heterocycles. The Hall–Kier alpha value is -3.98. The summed E-state index contributed by atoms with van der Waals surface area (Å²) in [6, 6.07) is 13.5. The third-order valence-corrected chi connectivity index (χ3v) is 7.36. The molecular formula is C27H26N2O6S. The van der Waals surface area contributed by atoms with Crippen molar-refractivity contribution in [1.82, 2.24) is 4.90 Å². The molecule has 2 aliphatic heterocycles. The predicted molar refractivity (Wildman–Crippen MR) is 137 cm³/mol. The topological polar surface area (TPSA) is 88.5 Å². The normalized spacial score (nSPS) is 18.7. The number of amides is 1. The minimum Gasteiger partial charge on any atom is -0.507 e. The molecule has 8 nitrogen and oxygen atoms in total. The number of thiophene rings is 1. The number of hydrogen-bond donors (Lipinski definition) is 1. The van der Waals surface area contributed by atoms with Crippen molar-refractivity contribution in [2.24, 2.45) is 0 Å². The van der Waals surface area contributed by atoms with Crippen molar-refractivity contribution in [2.45, 2.75) is 12.6 Å². The number of anilines is 1. The van der Waals surface area contributed by atoms with Gasteiger partial charge < -0.3 is 29.1 Å². The van der Waals surface area contributed by atoms with E-state index in [0.29, 0.717) is 41.5 Å². The van der Waals surface area contributed by atoms with Gasteiger partial charge in [0.15, 0.2) is 11.5 Å². The summed E-state index contributed by atoms with van der Waals surface area (Å²) in [5, 5.41) is 13.4. The van der Waals surface area contributed by atoms with Crippen LogP contribution in [0.5, 0.6) is 17.2 Å². The van der Waals surface area contributed by atoms with Gasteiger partial charge in [0.2, 0.25) is 0 Å². The maximum absolute atomic E-state index is 13.4. The van der Waals surface area contributed by atoms with Crippen LogP contribution in [0.3, 0.4) is 0 Å². The lowest BCUT2D eigenvalue weighted by Gasteiger charge is -2.28. The van der Waals surface area contributed by atoms with Crippen LogP contribution in [0, 0.1) is 0 Å². The summed E-state index contributed by atoms with van der Waals surface area (Å²) in [5.41, 5.74) is 1.90. The summed E-state index contributed by atoms with van der Waals surface area (Å²) in [6.07, 6.45) is 0. The molecule has 3 heterocycles. The summed E-state index contributed by atoms with van der Waals surface area (Å²) >= 11 is 1.50. The highest BCUT2D eigenvalue weighted by atomic mass is 32.1. The smallest absolute Gasteiger partial charge is 0.295 e. The second kappa shape index (κ2) is 9.58. The average molecular weight is 507 g/mol. The Balaban J connectivity index is 1.66. The summed E-state index contributed by atoms with van der Waals surface area (Å²) in [6.45, 7) is 1.51. The first-order valence-corrected chi connectivity index (χ1v) is 12.3. The Kier molecular flexibility index (Phi) is 6.32. The lowest BCUT2D eigenvalue weighted by Crippen LogP contribution is -2.29. The van der Waals surface area contributed by atoms with Gasteiger partial charge in [-0.1, -0.05) is 12.1 Å². The van der Waals surface area contributed by atoms with Crippen molar-refractivity contribution >= 4 is 34.5 Å². The first-order valence-electron chi connectivity index (χ1n) is 11.4. The van der Waals surface area contributed by atoms with Crippen LogP contribution in [-0.2, 0) is 16.1 Å². The van der Waals surface area contributed by atoms with Crippen molar-refractivity contribution < 1.29 is 28.9 Å². The van der Waals surface area contributed by atoms with E-state index in [9.17, 15) is 14.7 Å². The molecule has 0 bridgehead atoms. The molecule has 3 aromatic rings. The van der Waals surface area contributed by atoms with Crippen LogP contribution in [0.25, 0.3) is 5.76 Å². The highest BCUT2D eigenvalue weighted by molar-refractivity contribution is 7.09. The minimum absolute atomic E-state index is 0.0307. The molecule has 1 fully saturated rings. The molecule has 36 heavy (non-hydrogen) atoms. The van der Waals surface area contributed by atoms with Crippen molar-refractivity contribution in [3.8, 4) is 17.2 Å². The lowest BCUT2D eigenvalue weighted by molar-refractivity contribution is -0.140. The van der Waals surface area contributed by atoms with Crippen molar-refractivity contribution in [1.29, 1.82) is 0 Å². The fourth-order valence-electron chi connectivity index (χ4n) is 4.64. The van der Waals surface area contributed by atoms with Gasteiger partial charge in [-0.2, -0.15) is 0 Å². The summed E-state index contributed by atoms with van der Waals surface area (Å²) in [5.74, 6) is 0.0613. The van der Waals surface area contributed by atoms with Gasteiger partial charge in [0, 0.05) is 17.5 Å². The van der Waals surface area contributed by atoms with Crippen LogP contribution in [-0.4, -0.2) is 56.1 Å². The number of aliphatic hydroxyl groups excluding tert-OH is 1. The third kappa shape index (κ3) is 4.05. The molecule has 5 rings (SSSR count). The van der Waals surface area contributed by atoms with Crippen molar-refractivity contribution in [3.05, 3.63) is 75.5 Å². The zero-order valence-corrected chi connectivity index (χ0v) is 21.0. The zero-order chi connectivity index (χ0) is 25.4. The number of rotatable bonds is 6. The Morgan fingerprint density at radius 1 is 1.11 bits per heavy atom. The largest absolute Gasteiger partial charge is 0.507 e. The van der Waals surface area contributed by atoms with E-state index in [1.54, 1.807) is 36.4 Å². The van der Waals surface area contributed by atoms with Crippen LogP contribution >= 0.6 is 11.3 Å². The predicted octanol–water partition coefficient (Wildman–Crippen LogP) is 4.22. The second-order valence-corrected chi connectivity index (χ2v) is 9.61. The molecule has 186 valence electrons. The highest BCUT2D eigenvalue weighted by Gasteiger charge is 2.46. The number of fused-ring (bicyclic) bond motifs is 1. The van der Waals surface area contributed by atoms with Crippen molar-refractivity contribution in [3.63, 3.8) is 0 Å². The van der Waals surface area contributed by atoms with E-state index in [1.807, 2.05) is 29.5 Å². The molecule has 1 atom stereocenters. The number of likely N-dealkylation sites (N-methyl/N-ethyl adjacent to an activating group) is 1. The second-order valence-electron chi connectivity index (χ2n) is 8.57. The number of Topliss-reactive ketones (excluding diaryl/α,β-unsaturated/α-hetero) is 1. The van der Waals surface area contributed by atoms with Crippen LogP contribution in [0.1, 0.15) is 22.0 Å². The molecule has 0 aliphatic carbocycles. The number of methoxy groups -OCH3 is 2. The maximum atomic E-state index is 13.4. The van der Waals surface area contributed by atoms with Gasteiger partial charge in [-0.05, 0) is 47.3 Å². The number of likely N-dealkylation sites (tertiary alicyclic amines) is 1. The average Bonchev–Trinajstić information content (AvgIpc) is 3.50. The van der Waals surface area contributed by atoms with Crippen LogP contribution in [0.15, 0.2) is 59.5 Å². The van der Waals surface area contributed by atoms with Gasteiger partial charge in [-0.3, -0.25) is 9.59 Å². The monoisotopic (exact) mass is 506 g/mol. The number of nitrogens with zero attached hydrogens (tertiary/aromatic N) is 2. The summed E-state index contributed by atoms with van der Waals surface area (Å²) in [7, 11) is 5.00. The number of ketones is 1. The molecular weight excluding hydrogens is 480 g/mol. The first-order chi connectivity index (χ1) is 17.4. The molecule has 0 radical (unpaired) electrons. The van der Waals surface area contributed by atoms with E-state index in [4.69, 9.17) is 14.2 Å². The Bertz CT molecular complexity index is 1350. The molecule has 1 aromatic heterocycles. The van der Waals surface area contributed by atoms with Gasteiger partial charge in [-0.15, -0.1) is 11.3 Å². The molecule has 0 saturated carbocycles. The number of hydrogen-bond acceptors (Lipinski definition) is 8. The number of carbonyl (C=O) groups excluding carboxylic acids is 2. The summed E-state index contributed by atoms with van der Waals surface area (Å²) < 4.78 is 16.6. The first kappa shape index (κ1) is 23.7. The number of aliphatic hydroxyl groups is 1. The fraction of sp³-hybridized carbons (Fsp3) is 0.259. The number of carbonyl (C=O) groups is 2. The van der Waals surface area contributed by atoms with E-state index < -0.39 is 17.7 Å². The van der Waals surface area contributed by atoms with E-state index in [2.05, 4.69) is 0 Å². The fourth-order valence-corrected chi connectivity index (χ4v) is 5.34. The lowest BCUT2D eigenvalue weighted by atomic mass is 9.94. The van der Waals surface area contributed by atoms with E-state index in [-0.39, 0.29) is 17.9 Å². The molecule has 1 amide bonds. The van der Waals surface area contributed by atoms with Crippen LogP contribution < -0.4 is 19.1 Å². The van der Waals surface area contributed by atoms with Crippen LogP contribution in [0.4, 0.5) is 5.69 Å². The van der Waals surface area contributed by atoms with Gasteiger partial charge in [-0.25, -0.2) is 0 Å². The minimum atomic E-state index is -0.808. The van der Waals surface area contributed by atoms with Gasteiger partial charge in [0.25, 0.3) is 11.7 Å². The molecule has 0 spiro atoms. The Labute approximate surface area is 212 Å². The molecule has 2 aliphatic rings. The van der Waals surface area contributed by atoms with Gasteiger partial charge >= 0.3 is 0 Å². The van der Waals surface area contributed by atoms with Crippen LogP contribution in [0.2, 0.25) is 0 Å². The standard InChI is InChI=1S/C27H26N2O6S/c1-28-10-11-35-20-8-7-17(13-19(20)28)25(30)23-24(16-6-9-21(33-2)22(14-16)34-3)29(27(32)26(23)31)15-18-5-4-12-36-18/h4-9,12-14,24,30H,10-11,15H2,1-3H3/b25-23+. The quantitative estimate of drug-likeness (QED) is 0.304. The summed E-state index contributed by atoms with van der Waals surface area (Å²) in [4.78, 5) is 31.1. The molecule has 1 N–H and O–H groups in total. The molecule has 1 unspecified atom stereocenters.